The van der Waals surface area contributed by atoms with Crippen LogP contribution in [-0.2, 0) is 14.8 Å². The van der Waals surface area contributed by atoms with Crippen molar-refractivity contribution in [1.82, 2.24) is 4.98 Å². The summed E-state index contributed by atoms with van der Waals surface area (Å²) in [6, 6.07) is 7.43. The molecule has 0 saturated heterocycles. The van der Waals surface area contributed by atoms with Gasteiger partial charge < -0.3 is 4.74 Å². The monoisotopic (exact) mass is 420 g/mol. The van der Waals surface area contributed by atoms with E-state index >= 15 is 0 Å². The number of hydrogen-bond donors (Lipinski definition) is 1. The number of methoxy groups -OCH3 is 1. The molecule has 1 aromatic carbocycles. The lowest BCUT2D eigenvalue weighted by atomic mass is 9.70. The molecule has 150 valence electrons. The van der Waals surface area contributed by atoms with E-state index in [0.717, 1.165) is 17.7 Å². The highest BCUT2D eigenvalue weighted by molar-refractivity contribution is 7.92. The Labute approximate surface area is 169 Å². The molecule has 0 radical (unpaired) electrons. The summed E-state index contributed by atoms with van der Waals surface area (Å²) >= 11 is 1.24. The van der Waals surface area contributed by atoms with Gasteiger partial charge in [0.15, 0.2) is 5.13 Å². The molecule has 4 rings (SSSR count). The second-order valence-electron chi connectivity index (χ2n) is 8.29. The highest BCUT2D eigenvalue weighted by atomic mass is 32.2. The van der Waals surface area contributed by atoms with Gasteiger partial charge >= 0.3 is 0 Å². The number of ether oxygens (including phenoxy) is 1. The Morgan fingerprint density at radius 3 is 2.57 bits per heavy atom. The maximum Gasteiger partial charge on any atom is 0.235 e. The molecule has 2 aromatic rings. The molecular formula is C20H24N2O4S2. The normalized spacial score (nSPS) is 25.8. The lowest BCUT2D eigenvalue weighted by Crippen LogP contribution is -2.43. The van der Waals surface area contributed by atoms with Crippen molar-refractivity contribution in [3.05, 3.63) is 29.6 Å². The van der Waals surface area contributed by atoms with Gasteiger partial charge in [0.25, 0.3) is 0 Å². The molecule has 1 N–H and O–H groups in total. The van der Waals surface area contributed by atoms with Crippen LogP contribution in [0.4, 0.5) is 5.13 Å². The summed E-state index contributed by atoms with van der Waals surface area (Å²) in [7, 11) is -2.08. The van der Waals surface area contributed by atoms with Gasteiger partial charge in [-0.25, -0.2) is 13.4 Å². The minimum atomic E-state index is -3.69. The highest BCUT2D eigenvalue weighted by Gasteiger charge is 2.65. The number of aromatic nitrogens is 1. The number of nitrogens with zero attached hydrogens (tertiary/aromatic N) is 1. The first-order valence-electron chi connectivity index (χ1n) is 9.31. The van der Waals surface area contributed by atoms with Crippen LogP contribution in [0, 0.1) is 16.7 Å². The van der Waals surface area contributed by atoms with Crippen LogP contribution in [0.3, 0.4) is 0 Å². The van der Waals surface area contributed by atoms with Gasteiger partial charge in [0.1, 0.15) is 11.5 Å². The van der Waals surface area contributed by atoms with Gasteiger partial charge in [-0.15, -0.1) is 11.3 Å². The van der Waals surface area contributed by atoms with Crippen LogP contribution in [0.5, 0.6) is 5.75 Å². The van der Waals surface area contributed by atoms with Gasteiger partial charge in [0.2, 0.25) is 10.0 Å². The van der Waals surface area contributed by atoms with E-state index < -0.39 is 15.4 Å². The van der Waals surface area contributed by atoms with E-state index in [1.54, 1.807) is 7.11 Å². The van der Waals surface area contributed by atoms with E-state index in [9.17, 15) is 13.2 Å². The minimum Gasteiger partial charge on any atom is -0.497 e. The molecule has 0 unspecified atom stereocenters. The van der Waals surface area contributed by atoms with Gasteiger partial charge in [-0.3, -0.25) is 9.52 Å². The van der Waals surface area contributed by atoms with Crippen molar-refractivity contribution < 1.29 is 17.9 Å². The number of nitrogens with one attached hydrogen (secondary N) is 1. The van der Waals surface area contributed by atoms with Gasteiger partial charge in [0.05, 0.1) is 24.0 Å². The van der Waals surface area contributed by atoms with Crippen LogP contribution in [0.15, 0.2) is 29.6 Å². The van der Waals surface area contributed by atoms with Crippen molar-refractivity contribution in [3.8, 4) is 17.0 Å². The van der Waals surface area contributed by atoms with Crippen LogP contribution < -0.4 is 9.46 Å². The highest BCUT2D eigenvalue weighted by Crippen LogP contribution is 2.64. The standard InChI is InChI=1S/C20H24N2O4S2/c1-19(2)14-8-9-20(19,17(23)10-14)12-28(24,25)22-18-21-16(11-27-18)13-4-6-15(26-3)7-5-13/h4-7,11,14H,8-10,12H2,1-3H3,(H,21,22)/t14-,20+/m1/s1. The van der Waals surface area contributed by atoms with Gasteiger partial charge in [0, 0.05) is 17.4 Å². The number of benzene rings is 1. The van der Waals surface area contributed by atoms with Crippen LogP contribution in [0.25, 0.3) is 11.3 Å². The fourth-order valence-corrected chi connectivity index (χ4v) is 7.66. The Balaban J connectivity index is 1.53. The average Bonchev–Trinajstić information content (AvgIpc) is 3.24. The van der Waals surface area contributed by atoms with E-state index in [1.807, 2.05) is 43.5 Å². The molecule has 2 fully saturated rings. The van der Waals surface area contributed by atoms with Crippen molar-refractivity contribution in [1.29, 1.82) is 0 Å². The molecule has 2 aliphatic carbocycles. The molecule has 2 bridgehead atoms. The molecule has 1 aromatic heterocycles. The number of sulfonamides is 1. The largest absolute Gasteiger partial charge is 0.497 e. The van der Waals surface area contributed by atoms with Crippen LogP contribution >= 0.6 is 11.3 Å². The predicted octanol–water partition coefficient (Wildman–Crippen LogP) is 3.96. The fourth-order valence-electron chi connectivity index (χ4n) is 4.82. The van der Waals surface area contributed by atoms with E-state index in [-0.39, 0.29) is 22.9 Å². The number of carbonyl (C=O) groups is 1. The summed E-state index contributed by atoms with van der Waals surface area (Å²) in [4.78, 5) is 17.0. The number of rotatable bonds is 6. The zero-order valence-corrected chi connectivity index (χ0v) is 17.8. The lowest BCUT2D eigenvalue weighted by Gasteiger charge is -2.36. The number of Topliss-reactive ketones (excluding diaryl/α,β-unsaturated/α-hetero) is 1. The van der Waals surface area contributed by atoms with Crippen molar-refractivity contribution in [3.63, 3.8) is 0 Å². The molecular weight excluding hydrogens is 396 g/mol. The Bertz CT molecular complexity index is 1010. The van der Waals surface area contributed by atoms with Gasteiger partial charge in [-0.1, -0.05) is 13.8 Å². The molecule has 2 aliphatic rings. The Morgan fingerprint density at radius 2 is 2.00 bits per heavy atom. The second-order valence-corrected chi connectivity index (χ2v) is 10.9. The number of anilines is 1. The van der Waals surface area contributed by atoms with Crippen LogP contribution in [0.2, 0.25) is 0 Å². The summed E-state index contributed by atoms with van der Waals surface area (Å²) in [6.45, 7) is 4.08. The fraction of sp³-hybridized carbons (Fsp3) is 0.500. The van der Waals surface area contributed by atoms with Crippen LogP contribution in [-0.4, -0.2) is 32.0 Å². The number of ketones is 1. The third-order valence-corrected chi connectivity index (χ3v) is 8.97. The SMILES string of the molecule is COc1ccc(-c2csc(NS(=O)(=O)C[C@@]34CC[C@H](CC3=O)C4(C)C)n2)cc1. The maximum atomic E-state index is 12.9. The van der Waals surface area contributed by atoms with E-state index in [2.05, 4.69) is 9.71 Å². The number of fused-ring (bicyclic) bond motifs is 2. The molecule has 0 aliphatic heterocycles. The zero-order chi connectivity index (χ0) is 20.2. The topological polar surface area (TPSA) is 85.4 Å². The predicted molar refractivity (Wildman–Crippen MR) is 110 cm³/mol. The quantitative estimate of drug-likeness (QED) is 0.765. The molecule has 6 nitrogen and oxygen atoms in total. The van der Waals surface area contributed by atoms with Crippen molar-refractivity contribution >= 4 is 32.3 Å². The number of carbonyl (C=O) groups excluding carboxylic acids is 1. The molecule has 0 spiro atoms. The van der Waals surface area contributed by atoms with Crippen molar-refractivity contribution in [2.75, 3.05) is 17.6 Å². The zero-order valence-electron chi connectivity index (χ0n) is 16.2. The Morgan fingerprint density at radius 1 is 1.29 bits per heavy atom. The van der Waals surface area contributed by atoms with Crippen molar-refractivity contribution in [2.24, 2.45) is 16.7 Å². The third-order valence-electron chi connectivity index (χ3n) is 6.71. The van der Waals surface area contributed by atoms with E-state index in [1.165, 1.54) is 11.3 Å². The Kier molecular flexibility index (Phi) is 4.54. The third kappa shape index (κ3) is 3.03. The van der Waals surface area contributed by atoms with Gasteiger partial charge in [-0.2, -0.15) is 0 Å². The Hall–Kier alpha value is -1.93. The molecule has 1 heterocycles. The lowest BCUT2D eigenvalue weighted by molar-refractivity contribution is -0.128. The maximum absolute atomic E-state index is 12.9. The first-order chi connectivity index (χ1) is 13.2. The first kappa shape index (κ1) is 19.4. The van der Waals surface area contributed by atoms with E-state index in [0.29, 0.717) is 23.7 Å². The smallest absolute Gasteiger partial charge is 0.235 e. The number of thiazole rings is 1. The second kappa shape index (κ2) is 6.56. The van der Waals surface area contributed by atoms with Crippen molar-refractivity contribution in [2.45, 2.75) is 33.1 Å². The summed E-state index contributed by atoms with van der Waals surface area (Å²) in [5.74, 6) is 0.964. The summed E-state index contributed by atoms with van der Waals surface area (Å²) in [5, 5.41) is 2.13. The first-order valence-corrected chi connectivity index (χ1v) is 11.8. The summed E-state index contributed by atoms with van der Waals surface area (Å²) < 4.78 is 33.5. The number of hydrogen-bond acceptors (Lipinski definition) is 6. The average molecular weight is 421 g/mol. The molecule has 28 heavy (non-hydrogen) atoms. The van der Waals surface area contributed by atoms with E-state index in [4.69, 9.17) is 4.74 Å². The molecule has 2 atom stereocenters. The summed E-state index contributed by atoms with van der Waals surface area (Å²) in [5.41, 5.74) is 0.517. The molecule has 2 saturated carbocycles. The van der Waals surface area contributed by atoms with Crippen LogP contribution in [0.1, 0.15) is 33.1 Å². The summed E-state index contributed by atoms with van der Waals surface area (Å²) in [6.07, 6.45) is 2.08. The molecule has 8 heteroatoms. The van der Waals surface area contributed by atoms with Gasteiger partial charge in [-0.05, 0) is 48.4 Å². The minimum absolute atomic E-state index is 0.0946. The molecule has 0 amide bonds.